The molecule has 11 atom stereocenters. The maximum atomic E-state index is 17.5. The Kier molecular flexibility index (Phi) is 10.2. The number of hydrogen-bond acceptors (Lipinski definition) is 11. The summed E-state index contributed by atoms with van der Waals surface area (Å²) in [6.45, 7) is 4.43. The fourth-order valence-electron chi connectivity index (χ4n) is 11.1. The van der Waals surface area contributed by atoms with Crippen LogP contribution in [0.3, 0.4) is 0 Å². The molecule has 13 heteroatoms. The minimum atomic E-state index is -2.11. The molecule has 5 aliphatic rings. The van der Waals surface area contributed by atoms with Crippen molar-refractivity contribution in [3.05, 3.63) is 95.9 Å². The largest absolute Gasteiger partial charge is 0.461 e. The number of anilines is 1. The van der Waals surface area contributed by atoms with Crippen LogP contribution in [0.25, 0.3) is 10.8 Å². The first kappa shape index (κ1) is 40.7. The molecule has 12 nitrogen and oxygen atoms in total. The van der Waals surface area contributed by atoms with Gasteiger partial charge in [0.15, 0.2) is 18.1 Å². The molecule has 1 heterocycles. The molecule has 4 saturated carbocycles. The van der Waals surface area contributed by atoms with Crippen molar-refractivity contribution in [2.24, 2.45) is 46.2 Å². The monoisotopic (exact) mass is 807 g/mol. The van der Waals surface area contributed by atoms with Crippen molar-refractivity contribution < 1.29 is 48.0 Å². The highest BCUT2D eigenvalue weighted by atomic mass is 19.1. The highest BCUT2D eigenvalue weighted by Gasteiger charge is 2.75. The van der Waals surface area contributed by atoms with Crippen molar-refractivity contribution in [1.29, 1.82) is 0 Å². The second-order valence-electron chi connectivity index (χ2n) is 17.7. The summed E-state index contributed by atoms with van der Waals surface area (Å²) in [5.74, 6) is -6.47. The average Bonchev–Trinajstić information content (AvgIpc) is 4.00. The van der Waals surface area contributed by atoms with E-state index < -0.39 is 88.0 Å². The predicted octanol–water partition coefficient (Wildman–Crippen LogP) is 5.06. The Labute approximate surface area is 341 Å². The third-order valence-corrected chi connectivity index (χ3v) is 14.6. The van der Waals surface area contributed by atoms with Gasteiger partial charge in [-0.3, -0.25) is 29.0 Å². The van der Waals surface area contributed by atoms with Gasteiger partial charge in [0, 0.05) is 46.8 Å². The fourth-order valence-corrected chi connectivity index (χ4v) is 11.1. The number of aliphatic hydroxyl groups excluding tert-OH is 1. The average molecular weight is 808 g/mol. The van der Waals surface area contributed by atoms with Crippen LogP contribution in [0, 0.1) is 40.4 Å². The molecule has 1 unspecified atom stereocenters. The van der Waals surface area contributed by atoms with Crippen LogP contribution in [0.4, 0.5) is 10.1 Å². The normalized spacial score (nSPS) is 34.8. The third kappa shape index (κ3) is 6.52. The fraction of sp³-hybridized carbons (Fsp3) is 0.478. The van der Waals surface area contributed by atoms with Crippen molar-refractivity contribution in [1.82, 2.24) is 4.98 Å². The number of carbonyl (C=O) groups excluding carboxylic acids is 5. The van der Waals surface area contributed by atoms with Crippen LogP contribution in [-0.2, 0) is 40.1 Å². The maximum absolute atomic E-state index is 17.5. The van der Waals surface area contributed by atoms with Crippen LogP contribution in [0.2, 0.25) is 0 Å². The lowest BCUT2D eigenvalue weighted by Crippen LogP contribution is -2.69. The summed E-state index contributed by atoms with van der Waals surface area (Å²) in [6.07, 6.45) is 7.41. The Morgan fingerprint density at radius 3 is 2.46 bits per heavy atom. The van der Waals surface area contributed by atoms with Gasteiger partial charge in [0.25, 0.3) is 0 Å². The molecule has 0 aliphatic heterocycles. The number of nitrogens with zero attached hydrogens (tertiary/aromatic N) is 1. The minimum absolute atomic E-state index is 0.0653. The number of nitrogens with one attached hydrogen (secondary N) is 1. The molecule has 2 aromatic carbocycles. The number of hydrogen-bond donors (Lipinski definition) is 4. The number of alkyl halides is 1. The van der Waals surface area contributed by atoms with Gasteiger partial charge in [-0.1, -0.05) is 55.8 Å². The highest BCUT2D eigenvalue weighted by molar-refractivity contribution is 6.01. The molecule has 0 saturated heterocycles. The summed E-state index contributed by atoms with van der Waals surface area (Å²) in [4.78, 5) is 69.3. The molecule has 4 fully saturated rings. The molecule has 0 spiro atoms. The molecule has 0 radical (unpaired) electrons. The molecule has 1 amide bonds. The van der Waals surface area contributed by atoms with Gasteiger partial charge in [-0.05, 0) is 97.7 Å². The van der Waals surface area contributed by atoms with E-state index in [0.717, 1.165) is 10.8 Å². The Hall–Kier alpha value is -5.11. The van der Waals surface area contributed by atoms with Crippen LogP contribution in [0.15, 0.2) is 84.7 Å². The van der Waals surface area contributed by atoms with Crippen LogP contribution in [0.1, 0.15) is 69.9 Å². The molecule has 0 bridgehead atoms. The number of allylic oxidation sites excluding steroid dienone is 4. The van der Waals surface area contributed by atoms with Crippen LogP contribution >= 0.6 is 0 Å². The zero-order valence-electron chi connectivity index (χ0n) is 33.4. The van der Waals surface area contributed by atoms with E-state index in [9.17, 15) is 34.2 Å². The van der Waals surface area contributed by atoms with Gasteiger partial charge < -0.3 is 30.7 Å². The SMILES string of the molecule is C[C@@H]1C[C@H]2[C@@H]3CCC4=CC(=O)C=C[C@]4(C)[C@@]3(F)[C@@H](O)C[C@]2(C)[C@@]1(O)C(=O)COC(=O)[C@@H]1C[C@H]1C(=O)OCc1ccc(C(CN)C(=O)Nc2ccc3cnccc3c2)cc1. The van der Waals surface area contributed by atoms with Gasteiger partial charge in [-0.2, -0.15) is 0 Å². The van der Waals surface area contributed by atoms with Gasteiger partial charge in [-0.25, -0.2) is 4.39 Å². The summed E-state index contributed by atoms with van der Waals surface area (Å²) in [5.41, 5.74) is 2.11. The number of rotatable bonds is 11. The first-order valence-corrected chi connectivity index (χ1v) is 20.4. The third-order valence-electron chi connectivity index (χ3n) is 14.6. The number of pyridine rings is 1. The van der Waals surface area contributed by atoms with Crippen LogP contribution in [0.5, 0.6) is 0 Å². The first-order chi connectivity index (χ1) is 28.0. The summed E-state index contributed by atoms with van der Waals surface area (Å²) in [6, 6.07) is 14.4. The van der Waals surface area contributed by atoms with Crippen LogP contribution in [-0.4, -0.2) is 75.1 Å². The van der Waals surface area contributed by atoms with E-state index in [1.807, 2.05) is 18.2 Å². The van der Waals surface area contributed by atoms with E-state index in [1.165, 1.54) is 12.2 Å². The minimum Gasteiger partial charge on any atom is -0.461 e. The number of esters is 2. The molecule has 8 rings (SSSR count). The molecule has 1 aromatic heterocycles. The number of fused-ring (bicyclic) bond motifs is 6. The Balaban J connectivity index is 0.836. The quantitative estimate of drug-likeness (QED) is 0.189. The molecule has 310 valence electrons. The number of benzene rings is 2. The van der Waals surface area contributed by atoms with Crippen molar-refractivity contribution in [3.63, 3.8) is 0 Å². The lowest BCUT2D eigenvalue weighted by molar-refractivity contribution is -0.220. The zero-order chi connectivity index (χ0) is 42.1. The van der Waals surface area contributed by atoms with Crippen molar-refractivity contribution >= 4 is 45.9 Å². The number of aliphatic hydroxyl groups is 2. The van der Waals surface area contributed by atoms with Gasteiger partial charge in [0.05, 0.1) is 23.9 Å². The van der Waals surface area contributed by atoms with Gasteiger partial charge in [-0.15, -0.1) is 0 Å². The predicted molar refractivity (Wildman–Crippen MR) is 214 cm³/mol. The lowest BCUT2D eigenvalue weighted by atomic mass is 9.44. The number of ether oxygens (including phenoxy) is 2. The number of Topliss-reactive ketones (excluding diaryl/α,β-unsaturated/α-hetero) is 1. The van der Waals surface area contributed by atoms with Gasteiger partial charge in [0.1, 0.15) is 12.2 Å². The molecule has 59 heavy (non-hydrogen) atoms. The van der Waals surface area contributed by atoms with E-state index in [-0.39, 0.29) is 37.7 Å². The number of aromatic nitrogens is 1. The number of halogens is 1. The molecular formula is C46H50FN3O9. The van der Waals surface area contributed by atoms with Crippen LogP contribution < -0.4 is 11.1 Å². The summed E-state index contributed by atoms with van der Waals surface area (Å²) >= 11 is 0. The standard InChI is InChI=1S/C46H50FN3O9/c1-25-16-37-36-11-9-30-18-32(51)12-14-43(30,2)45(36,47)38(52)20-44(37,3)46(25,57)39(53)24-59-42(56)34-19-33(34)41(55)58-23-26-4-6-27(7-5-26)35(21-48)40(54)50-31-10-8-29-22-49-15-13-28(29)17-31/h4-8,10,12-15,17-18,22,25,33-38,52,57H,9,11,16,19-21,23-24,48H2,1-3H3,(H,50,54)/t25-,33-,34-,35?,36+,37+,38+,43+,44+,45+,46+/m1/s1. The number of amides is 1. The molecule has 3 aromatic rings. The summed E-state index contributed by atoms with van der Waals surface area (Å²) in [5, 5.41) is 28.6. The number of carbonyl (C=O) groups is 5. The molecular weight excluding hydrogens is 758 g/mol. The van der Waals surface area contributed by atoms with Gasteiger partial charge >= 0.3 is 11.9 Å². The van der Waals surface area contributed by atoms with E-state index >= 15 is 4.39 Å². The second-order valence-corrected chi connectivity index (χ2v) is 17.7. The Morgan fingerprint density at radius 1 is 1.00 bits per heavy atom. The topological polar surface area (TPSA) is 195 Å². The number of nitrogens with two attached hydrogens (primary N) is 1. The smallest absolute Gasteiger partial charge is 0.310 e. The van der Waals surface area contributed by atoms with E-state index in [2.05, 4.69) is 10.3 Å². The first-order valence-electron chi connectivity index (χ1n) is 20.4. The zero-order valence-corrected chi connectivity index (χ0v) is 33.4. The lowest BCUT2D eigenvalue weighted by Gasteiger charge is -2.62. The summed E-state index contributed by atoms with van der Waals surface area (Å²) < 4.78 is 28.4. The van der Waals surface area contributed by atoms with Crippen molar-refractivity contribution in [2.75, 3.05) is 18.5 Å². The Morgan fingerprint density at radius 2 is 1.73 bits per heavy atom. The molecule has 5 N–H and O–H groups in total. The summed E-state index contributed by atoms with van der Waals surface area (Å²) in [7, 11) is 0. The van der Waals surface area contributed by atoms with Crippen molar-refractivity contribution in [3.8, 4) is 0 Å². The van der Waals surface area contributed by atoms with E-state index in [0.29, 0.717) is 41.6 Å². The van der Waals surface area contributed by atoms with Gasteiger partial charge in [0.2, 0.25) is 11.7 Å². The van der Waals surface area contributed by atoms with Crippen molar-refractivity contribution in [2.45, 2.75) is 82.8 Å². The highest BCUT2D eigenvalue weighted by Crippen LogP contribution is 2.70. The number of ketones is 2. The molecule has 5 aliphatic carbocycles. The Bertz CT molecular complexity index is 2300. The van der Waals surface area contributed by atoms with E-state index in [4.69, 9.17) is 15.2 Å². The van der Waals surface area contributed by atoms with E-state index in [1.54, 1.807) is 69.6 Å². The second kappa shape index (κ2) is 14.9. The maximum Gasteiger partial charge on any atom is 0.310 e.